The maximum absolute atomic E-state index is 13.7. The molecule has 0 bridgehead atoms. The van der Waals surface area contributed by atoms with Gasteiger partial charge in [0, 0.05) is 6.07 Å². The Balaban J connectivity index is 1.62. The molecule has 9 nitrogen and oxygen atoms in total. The van der Waals surface area contributed by atoms with Gasteiger partial charge in [-0.3, -0.25) is 9.59 Å². The number of ether oxygens (including phenoxy) is 3. The average Bonchev–Trinajstić information content (AvgIpc) is 3.17. The third kappa shape index (κ3) is 4.73. The number of carbonyl (C=O) groups is 3. The average molecular weight is 512 g/mol. The van der Waals surface area contributed by atoms with Gasteiger partial charge in [0.15, 0.2) is 0 Å². The van der Waals surface area contributed by atoms with Crippen LogP contribution in [0.25, 0.3) is 0 Å². The van der Waals surface area contributed by atoms with Gasteiger partial charge in [-0.15, -0.1) is 11.8 Å². The van der Waals surface area contributed by atoms with Gasteiger partial charge >= 0.3 is 6.03 Å². The number of fused-ring (bicyclic) bond motifs is 1. The summed E-state index contributed by atoms with van der Waals surface area (Å²) in [4.78, 5) is 43.9. The normalized spacial score (nSPS) is 19.4. The van der Waals surface area contributed by atoms with E-state index in [1.807, 2.05) is 20.8 Å². The van der Waals surface area contributed by atoms with Crippen molar-refractivity contribution in [3.63, 3.8) is 0 Å². The quantitative estimate of drug-likeness (QED) is 0.558. The number of rotatable bonds is 8. The predicted octanol–water partition coefficient (Wildman–Crippen LogP) is 4.49. The van der Waals surface area contributed by atoms with Crippen molar-refractivity contribution < 1.29 is 28.6 Å². The third-order valence-electron chi connectivity index (χ3n) is 6.24. The standard InChI is InChI=1S/C26H29N3O6S/c1-6-35-18-9-7-17(8-10-18)29-24(31)23-15(2)16(3)36-25(23)28(26(29)32)14-22(30)27-20-13-19(33-4)11-12-21(20)34-5/h7-13,23,25H,6,14H2,1-5H3,(H,27,30). The number of hydrogen-bond donors (Lipinski definition) is 1. The first-order valence-electron chi connectivity index (χ1n) is 11.5. The molecular weight excluding hydrogens is 482 g/mol. The number of urea groups is 1. The highest BCUT2D eigenvalue weighted by Gasteiger charge is 2.51. The van der Waals surface area contributed by atoms with E-state index in [1.54, 1.807) is 42.5 Å². The Morgan fingerprint density at radius 2 is 1.72 bits per heavy atom. The molecule has 2 aliphatic rings. The Labute approximate surface area is 214 Å². The molecule has 1 fully saturated rings. The SMILES string of the molecule is CCOc1ccc(N2C(=O)C3C(C)=C(C)SC3N(CC(=O)Nc3cc(OC)ccc3OC)C2=O)cc1. The van der Waals surface area contributed by atoms with E-state index in [9.17, 15) is 14.4 Å². The molecule has 2 aromatic carbocycles. The van der Waals surface area contributed by atoms with E-state index >= 15 is 0 Å². The largest absolute Gasteiger partial charge is 0.497 e. The van der Waals surface area contributed by atoms with Crippen LogP contribution < -0.4 is 24.4 Å². The van der Waals surface area contributed by atoms with Crippen molar-refractivity contribution in [3.05, 3.63) is 52.9 Å². The van der Waals surface area contributed by atoms with Gasteiger partial charge in [-0.2, -0.15) is 0 Å². The van der Waals surface area contributed by atoms with Crippen molar-refractivity contribution in [2.24, 2.45) is 5.92 Å². The molecule has 2 heterocycles. The Hall–Kier alpha value is -3.66. The second-order valence-electron chi connectivity index (χ2n) is 8.35. The van der Waals surface area contributed by atoms with E-state index in [2.05, 4.69) is 5.32 Å². The van der Waals surface area contributed by atoms with Crippen LogP contribution in [0.5, 0.6) is 17.2 Å². The Morgan fingerprint density at radius 1 is 1.03 bits per heavy atom. The molecule has 36 heavy (non-hydrogen) atoms. The number of benzene rings is 2. The smallest absolute Gasteiger partial charge is 0.332 e. The Bertz CT molecular complexity index is 1210. The molecule has 0 spiro atoms. The lowest BCUT2D eigenvalue weighted by molar-refractivity contribution is -0.124. The zero-order valence-corrected chi connectivity index (χ0v) is 21.7. The third-order valence-corrected chi connectivity index (χ3v) is 7.68. The summed E-state index contributed by atoms with van der Waals surface area (Å²) in [5, 5.41) is 2.31. The van der Waals surface area contributed by atoms with Crippen LogP contribution in [0.15, 0.2) is 52.9 Å². The van der Waals surface area contributed by atoms with Crippen molar-refractivity contribution in [1.82, 2.24) is 4.90 Å². The van der Waals surface area contributed by atoms with Gasteiger partial charge in [0.05, 0.1) is 43.5 Å². The van der Waals surface area contributed by atoms with Crippen molar-refractivity contribution in [1.29, 1.82) is 0 Å². The molecule has 190 valence electrons. The molecule has 2 atom stereocenters. The van der Waals surface area contributed by atoms with Crippen LogP contribution in [0.1, 0.15) is 20.8 Å². The van der Waals surface area contributed by atoms with Crippen molar-refractivity contribution >= 4 is 41.0 Å². The molecule has 0 saturated carbocycles. The zero-order valence-electron chi connectivity index (χ0n) is 20.9. The number of carbonyl (C=O) groups excluding carboxylic acids is 3. The summed E-state index contributed by atoms with van der Waals surface area (Å²) >= 11 is 1.43. The second kappa shape index (κ2) is 10.5. The maximum atomic E-state index is 13.7. The van der Waals surface area contributed by atoms with Crippen LogP contribution in [-0.4, -0.2) is 55.5 Å². The van der Waals surface area contributed by atoms with E-state index in [1.165, 1.54) is 30.9 Å². The van der Waals surface area contributed by atoms with Gasteiger partial charge < -0.3 is 24.4 Å². The molecular formula is C26H29N3O6S. The van der Waals surface area contributed by atoms with Crippen LogP contribution in [0.4, 0.5) is 16.2 Å². The minimum Gasteiger partial charge on any atom is -0.497 e. The highest BCUT2D eigenvalue weighted by Crippen LogP contribution is 2.47. The summed E-state index contributed by atoms with van der Waals surface area (Å²) in [6.45, 7) is 5.97. The van der Waals surface area contributed by atoms with Gasteiger partial charge in [0.25, 0.3) is 0 Å². The predicted molar refractivity (Wildman–Crippen MR) is 139 cm³/mol. The number of allylic oxidation sites excluding steroid dienone is 1. The van der Waals surface area contributed by atoms with Crippen LogP contribution in [0, 0.1) is 5.92 Å². The second-order valence-corrected chi connectivity index (χ2v) is 9.68. The fraction of sp³-hybridized carbons (Fsp3) is 0.346. The number of methoxy groups -OCH3 is 2. The first-order valence-corrected chi connectivity index (χ1v) is 12.4. The molecule has 2 unspecified atom stereocenters. The maximum Gasteiger partial charge on any atom is 0.332 e. The van der Waals surface area contributed by atoms with Gasteiger partial charge in [-0.25, -0.2) is 9.69 Å². The van der Waals surface area contributed by atoms with Gasteiger partial charge in [-0.05, 0) is 67.6 Å². The summed E-state index contributed by atoms with van der Waals surface area (Å²) in [6.07, 6.45) is 0. The first kappa shape index (κ1) is 25.4. The highest BCUT2D eigenvalue weighted by molar-refractivity contribution is 8.03. The lowest BCUT2D eigenvalue weighted by Crippen LogP contribution is -2.61. The zero-order chi connectivity index (χ0) is 26.0. The summed E-state index contributed by atoms with van der Waals surface area (Å²) in [5.74, 6) is 0.386. The Kier molecular flexibility index (Phi) is 7.44. The number of amides is 4. The molecule has 0 aliphatic carbocycles. The number of anilines is 2. The first-order chi connectivity index (χ1) is 17.3. The molecule has 10 heteroatoms. The van der Waals surface area contributed by atoms with Gasteiger partial charge in [-0.1, -0.05) is 0 Å². The fourth-order valence-electron chi connectivity index (χ4n) is 4.31. The van der Waals surface area contributed by atoms with Crippen LogP contribution in [0.3, 0.4) is 0 Å². The minimum absolute atomic E-state index is 0.241. The summed E-state index contributed by atoms with van der Waals surface area (Å²) in [7, 11) is 3.03. The number of thioether (sulfide) groups is 1. The molecule has 1 N–H and O–H groups in total. The molecule has 0 aromatic heterocycles. The summed E-state index contributed by atoms with van der Waals surface area (Å²) in [5.41, 5.74) is 1.75. The van der Waals surface area contributed by atoms with E-state index in [4.69, 9.17) is 14.2 Å². The molecule has 2 aromatic rings. The molecule has 0 radical (unpaired) electrons. The van der Waals surface area contributed by atoms with Crippen molar-refractivity contribution in [2.75, 3.05) is 37.6 Å². The van der Waals surface area contributed by atoms with Crippen molar-refractivity contribution in [2.45, 2.75) is 26.1 Å². The Morgan fingerprint density at radius 3 is 2.36 bits per heavy atom. The van der Waals surface area contributed by atoms with Gasteiger partial charge in [0.1, 0.15) is 23.8 Å². The highest BCUT2D eigenvalue weighted by atomic mass is 32.2. The topological polar surface area (TPSA) is 97.4 Å². The lowest BCUT2D eigenvalue weighted by atomic mass is 9.95. The summed E-state index contributed by atoms with van der Waals surface area (Å²) < 4.78 is 16.1. The fourth-order valence-corrected chi connectivity index (χ4v) is 5.73. The number of imide groups is 1. The van der Waals surface area contributed by atoms with E-state index in [0.717, 1.165) is 15.4 Å². The molecule has 1 saturated heterocycles. The van der Waals surface area contributed by atoms with E-state index < -0.39 is 23.2 Å². The minimum atomic E-state index is -0.548. The van der Waals surface area contributed by atoms with Crippen LogP contribution in [0.2, 0.25) is 0 Å². The molecule has 4 rings (SSSR count). The molecule has 2 aliphatic heterocycles. The number of hydrogen-bond acceptors (Lipinski definition) is 7. The van der Waals surface area contributed by atoms with Gasteiger partial charge in [0.2, 0.25) is 11.8 Å². The van der Waals surface area contributed by atoms with E-state index in [0.29, 0.717) is 35.2 Å². The molecule has 4 amide bonds. The van der Waals surface area contributed by atoms with Crippen LogP contribution >= 0.6 is 11.8 Å². The lowest BCUT2D eigenvalue weighted by Gasteiger charge is -2.41. The van der Waals surface area contributed by atoms with Crippen molar-refractivity contribution in [3.8, 4) is 17.2 Å². The summed E-state index contributed by atoms with van der Waals surface area (Å²) in [6, 6.07) is 11.3. The van der Waals surface area contributed by atoms with E-state index in [-0.39, 0.29) is 12.5 Å². The number of nitrogens with zero attached hydrogens (tertiary/aromatic N) is 2. The number of nitrogens with one attached hydrogen (secondary N) is 1. The van der Waals surface area contributed by atoms with Crippen LogP contribution in [-0.2, 0) is 9.59 Å². The monoisotopic (exact) mass is 511 g/mol.